The topological polar surface area (TPSA) is 52.5 Å². The third kappa shape index (κ3) is 4.98. The molecule has 0 fully saturated rings. The van der Waals surface area contributed by atoms with Crippen molar-refractivity contribution >= 4 is 11.8 Å². The van der Waals surface area contributed by atoms with Crippen LogP contribution in [-0.4, -0.2) is 47.0 Å². The van der Waals surface area contributed by atoms with E-state index in [4.69, 9.17) is 10.2 Å². The van der Waals surface area contributed by atoms with E-state index in [0.29, 0.717) is 17.0 Å². The summed E-state index contributed by atoms with van der Waals surface area (Å²) in [5.41, 5.74) is 0. The maximum Gasteiger partial charge on any atom is 0.0861 e. The average Bonchev–Trinajstić information content (AvgIpc) is 2.11. The van der Waals surface area contributed by atoms with Gasteiger partial charge in [-0.1, -0.05) is 6.92 Å². The van der Waals surface area contributed by atoms with Crippen molar-refractivity contribution in [2.45, 2.75) is 31.2 Å². The minimum atomic E-state index is -0.582. The van der Waals surface area contributed by atoms with E-state index in [1.165, 1.54) is 0 Å². The quantitative estimate of drug-likeness (QED) is 0.559. The van der Waals surface area contributed by atoms with Crippen molar-refractivity contribution in [2.75, 3.05) is 19.4 Å². The van der Waals surface area contributed by atoms with E-state index < -0.39 is 6.10 Å². The van der Waals surface area contributed by atoms with Gasteiger partial charge < -0.3 is 15.5 Å². The molecule has 0 amide bonds. The fourth-order valence-corrected chi connectivity index (χ4v) is 1.75. The van der Waals surface area contributed by atoms with E-state index in [1.807, 2.05) is 7.05 Å². The minimum absolute atomic E-state index is 0.145. The summed E-state index contributed by atoms with van der Waals surface area (Å²) in [5.74, 6) is 0.601. The second-order valence-corrected chi connectivity index (χ2v) is 4.36. The zero-order valence-electron chi connectivity index (χ0n) is 7.95. The average molecular weight is 193 g/mol. The van der Waals surface area contributed by atoms with Gasteiger partial charge in [-0.05, 0) is 14.0 Å². The van der Waals surface area contributed by atoms with Crippen molar-refractivity contribution in [3.63, 3.8) is 0 Å². The molecule has 0 aromatic carbocycles. The summed E-state index contributed by atoms with van der Waals surface area (Å²) in [7, 11) is 1.92. The number of hydrogen-bond acceptors (Lipinski definition) is 4. The Morgan fingerprint density at radius 1 is 1.42 bits per heavy atom. The van der Waals surface area contributed by atoms with Crippen molar-refractivity contribution in [3.8, 4) is 0 Å². The zero-order chi connectivity index (χ0) is 9.56. The van der Waals surface area contributed by atoms with E-state index in [0.717, 1.165) is 0 Å². The SMILES string of the molecule is CNC(C)C(C)SCC(O)CO. The molecular weight excluding hydrogens is 174 g/mol. The maximum absolute atomic E-state index is 9.07. The van der Waals surface area contributed by atoms with E-state index in [-0.39, 0.29) is 6.61 Å². The lowest BCUT2D eigenvalue weighted by atomic mass is 10.3. The molecule has 0 bridgehead atoms. The molecule has 4 heteroatoms. The molecule has 12 heavy (non-hydrogen) atoms. The Bertz CT molecular complexity index is 113. The molecule has 0 aliphatic heterocycles. The van der Waals surface area contributed by atoms with Crippen LogP contribution in [0.2, 0.25) is 0 Å². The van der Waals surface area contributed by atoms with Crippen molar-refractivity contribution in [2.24, 2.45) is 0 Å². The summed E-state index contributed by atoms with van der Waals surface area (Å²) in [6, 6.07) is 0.431. The lowest BCUT2D eigenvalue weighted by Gasteiger charge is -2.19. The first-order valence-electron chi connectivity index (χ1n) is 4.19. The van der Waals surface area contributed by atoms with Crippen LogP contribution in [0.4, 0.5) is 0 Å². The number of nitrogens with one attached hydrogen (secondary N) is 1. The van der Waals surface area contributed by atoms with Crippen molar-refractivity contribution in [1.29, 1.82) is 0 Å². The molecular formula is C8H19NO2S. The van der Waals surface area contributed by atoms with Crippen molar-refractivity contribution in [3.05, 3.63) is 0 Å². The van der Waals surface area contributed by atoms with E-state index in [9.17, 15) is 0 Å². The monoisotopic (exact) mass is 193 g/mol. The van der Waals surface area contributed by atoms with Crippen LogP contribution in [0, 0.1) is 0 Å². The standard InChI is InChI=1S/C8H19NO2S/c1-6(9-3)7(2)12-5-8(11)4-10/h6-11H,4-5H2,1-3H3. The summed E-state index contributed by atoms with van der Waals surface area (Å²) < 4.78 is 0. The molecule has 0 saturated heterocycles. The Morgan fingerprint density at radius 3 is 2.42 bits per heavy atom. The van der Waals surface area contributed by atoms with Crippen LogP contribution in [0.3, 0.4) is 0 Å². The smallest absolute Gasteiger partial charge is 0.0861 e. The Labute approximate surface area is 78.6 Å². The first-order valence-corrected chi connectivity index (χ1v) is 5.24. The van der Waals surface area contributed by atoms with Gasteiger partial charge in [-0.25, -0.2) is 0 Å². The van der Waals surface area contributed by atoms with E-state index in [2.05, 4.69) is 19.2 Å². The lowest BCUT2D eigenvalue weighted by molar-refractivity contribution is 0.113. The summed E-state index contributed by atoms with van der Waals surface area (Å²) in [6.07, 6.45) is -0.582. The second kappa shape index (κ2) is 6.71. The maximum atomic E-state index is 9.07. The van der Waals surface area contributed by atoms with Crippen LogP contribution < -0.4 is 5.32 Å². The van der Waals surface area contributed by atoms with E-state index >= 15 is 0 Å². The molecule has 0 radical (unpaired) electrons. The molecule has 0 aliphatic rings. The summed E-state index contributed by atoms with van der Waals surface area (Å²) >= 11 is 1.67. The highest BCUT2D eigenvalue weighted by Crippen LogP contribution is 2.14. The van der Waals surface area contributed by atoms with Gasteiger partial charge in [-0.15, -0.1) is 0 Å². The molecule has 3 atom stereocenters. The Kier molecular flexibility index (Phi) is 6.84. The fourth-order valence-electron chi connectivity index (χ4n) is 0.695. The number of thioether (sulfide) groups is 1. The van der Waals surface area contributed by atoms with Gasteiger partial charge in [-0.3, -0.25) is 0 Å². The van der Waals surface area contributed by atoms with Crippen LogP contribution in [0.1, 0.15) is 13.8 Å². The summed E-state index contributed by atoms with van der Waals surface area (Å²) in [6.45, 7) is 4.06. The van der Waals surface area contributed by atoms with Gasteiger partial charge in [0.05, 0.1) is 12.7 Å². The largest absolute Gasteiger partial charge is 0.394 e. The predicted octanol–water partition coefficient (Wildman–Crippen LogP) is 0.0692. The number of aliphatic hydroxyl groups is 2. The molecule has 0 spiro atoms. The highest BCUT2D eigenvalue weighted by Gasteiger charge is 2.12. The van der Waals surface area contributed by atoms with Gasteiger partial charge in [0.2, 0.25) is 0 Å². The Morgan fingerprint density at radius 2 is 2.00 bits per heavy atom. The molecule has 0 aliphatic carbocycles. The molecule has 0 heterocycles. The third-order valence-electron chi connectivity index (χ3n) is 1.92. The molecule has 0 saturated carbocycles. The summed E-state index contributed by atoms with van der Waals surface area (Å²) in [4.78, 5) is 0. The van der Waals surface area contributed by atoms with Crippen molar-refractivity contribution in [1.82, 2.24) is 5.32 Å². The molecule has 3 N–H and O–H groups in total. The molecule has 0 aromatic rings. The van der Waals surface area contributed by atoms with Gasteiger partial charge in [-0.2, -0.15) is 11.8 Å². The van der Waals surface area contributed by atoms with E-state index in [1.54, 1.807) is 11.8 Å². The number of hydrogen-bond donors (Lipinski definition) is 3. The summed E-state index contributed by atoms with van der Waals surface area (Å²) in [5, 5.41) is 21.2. The van der Waals surface area contributed by atoms with Crippen molar-refractivity contribution < 1.29 is 10.2 Å². The van der Waals surface area contributed by atoms with Crippen LogP contribution in [0.15, 0.2) is 0 Å². The first-order chi connectivity index (χ1) is 5.61. The number of rotatable bonds is 6. The van der Waals surface area contributed by atoms with Crippen LogP contribution in [-0.2, 0) is 0 Å². The lowest BCUT2D eigenvalue weighted by Crippen LogP contribution is -2.31. The molecule has 0 aromatic heterocycles. The zero-order valence-corrected chi connectivity index (χ0v) is 8.77. The number of aliphatic hydroxyl groups excluding tert-OH is 2. The highest BCUT2D eigenvalue weighted by molar-refractivity contribution is 7.99. The molecule has 3 unspecified atom stereocenters. The predicted molar refractivity (Wildman–Crippen MR) is 53.5 cm³/mol. The van der Waals surface area contributed by atoms with Gasteiger partial charge in [0.1, 0.15) is 0 Å². The van der Waals surface area contributed by atoms with Gasteiger partial charge in [0.25, 0.3) is 0 Å². The highest BCUT2D eigenvalue weighted by atomic mass is 32.2. The first kappa shape index (κ1) is 12.2. The van der Waals surface area contributed by atoms with Crippen LogP contribution in [0.25, 0.3) is 0 Å². The van der Waals surface area contributed by atoms with Crippen LogP contribution in [0.5, 0.6) is 0 Å². The normalized spacial score (nSPS) is 18.8. The Hall–Kier alpha value is 0.230. The van der Waals surface area contributed by atoms with Gasteiger partial charge in [0, 0.05) is 17.0 Å². The second-order valence-electron chi connectivity index (χ2n) is 2.95. The van der Waals surface area contributed by atoms with Gasteiger partial charge in [0.15, 0.2) is 0 Å². The fraction of sp³-hybridized carbons (Fsp3) is 1.00. The molecule has 74 valence electrons. The molecule has 0 rings (SSSR count). The molecule has 3 nitrogen and oxygen atoms in total. The van der Waals surface area contributed by atoms with Crippen LogP contribution >= 0.6 is 11.8 Å². The minimum Gasteiger partial charge on any atom is -0.394 e. The Balaban J connectivity index is 3.49. The third-order valence-corrected chi connectivity index (χ3v) is 3.43. The van der Waals surface area contributed by atoms with Gasteiger partial charge >= 0.3 is 0 Å².